The quantitative estimate of drug-likeness (QED) is 0.574. The number of rotatable bonds is 1. The van der Waals surface area contributed by atoms with Crippen molar-refractivity contribution in [1.82, 2.24) is 4.98 Å². The molecule has 1 aromatic heterocycles. The standard InChI is InChI=1S/C7H7NO4/c1-12-7(11)5-4(9)2-3-8-6(5)10/h2-3H,1H3,(H2,8,9,10). The molecule has 0 aliphatic carbocycles. The first-order valence-corrected chi connectivity index (χ1v) is 3.15. The van der Waals surface area contributed by atoms with Gasteiger partial charge < -0.3 is 14.8 Å². The molecule has 1 rings (SSSR count). The lowest BCUT2D eigenvalue weighted by atomic mass is 10.2. The van der Waals surface area contributed by atoms with Crippen LogP contribution in [0, 0.1) is 0 Å². The molecule has 0 unspecified atom stereocenters. The van der Waals surface area contributed by atoms with E-state index in [-0.39, 0.29) is 11.3 Å². The van der Waals surface area contributed by atoms with E-state index in [0.717, 1.165) is 7.11 Å². The molecule has 0 bridgehead atoms. The summed E-state index contributed by atoms with van der Waals surface area (Å²) in [5, 5.41) is 9.07. The van der Waals surface area contributed by atoms with Crippen molar-refractivity contribution in [1.29, 1.82) is 0 Å². The number of esters is 1. The van der Waals surface area contributed by atoms with Gasteiger partial charge in [0.05, 0.1) is 7.11 Å². The van der Waals surface area contributed by atoms with E-state index >= 15 is 0 Å². The second-order valence-electron chi connectivity index (χ2n) is 2.06. The highest BCUT2D eigenvalue weighted by Crippen LogP contribution is 2.10. The van der Waals surface area contributed by atoms with Crippen molar-refractivity contribution < 1.29 is 14.6 Å². The van der Waals surface area contributed by atoms with Gasteiger partial charge in [-0.3, -0.25) is 4.79 Å². The first kappa shape index (κ1) is 8.32. The van der Waals surface area contributed by atoms with Gasteiger partial charge in [-0.05, 0) is 6.07 Å². The molecule has 5 nitrogen and oxygen atoms in total. The summed E-state index contributed by atoms with van der Waals surface area (Å²) in [7, 11) is 1.13. The molecule has 0 aliphatic rings. The summed E-state index contributed by atoms with van der Waals surface area (Å²) < 4.78 is 4.28. The maximum atomic E-state index is 10.9. The van der Waals surface area contributed by atoms with E-state index in [1.165, 1.54) is 12.3 Å². The van der Waals surface area contributed by atoms with Crippen molar-refractivity contribution in [2.24, 2.45) is 0 Å². The normalized spacial score (nSPS) is 9.42. The number of ether oxygens (including phenoxy) is 1. The first-order chi connectivity index (χ1) is 5.66. The van der Waals surface area contributed by atoms with Gasteiger partial charge in [-0.25, -0.2) is 4.79 Å². The molecule has 0 aromatic carbocycles. The average Bonchev–Trinajstić information content (AvgIpc) is 2.03. The number of hydrogen-bond donors (Lipinski definition) is 2. The molecule has 0 saturated heterocycles. The fourth-order valence-electron chi connectivity index (χ4n) is 0.767. The van der Waals surface area contributed by atoms with E-state index in [1.54, 1.807) is 0 Å². The van der Waals surface area contributed by atoms with Crippen molar-refractivity contribution in [2.45, 2.75) is 0 Å². The number of aromatic nitrogens is 1. The van der Waals surface area contributed by atoms with Crippen LogP contribution in [0.5, 0.6) is 5.75 Å². The molecule has 12 heavy (non-hydrogen) atoms. The number of carbonyl (C=O) groups excluding carboxylic acids is 1. The zero-order valence-corrected chi connectivity index (χ0v) is 6.33. The van der Waals surface area contributed by atoms with Crippen molar-refractivity contribution in [2.75, 3.05) is 7.11 Å². The van der Waals surface area contributed by atoms with Crippen LogP contribution >= 0.6 is 0 Å². The molecule has 0 amide bonds. The van der Waals surface area contributed by atoms with Gasteiger partial charge in [0.25, 0.3) is 5.56 Å². The van der Waals surface area contributed by atoms with E-state index in [4.69, 9.17) is 5.11 Å². The SMILES string of the molecule is COC(=O)c1c(O)cc[nH]c1=O. The predicted octanol–water partition coefficient (Wildman–Crippen LogP) is -0.133. The zero-order valence-electron chi connectivity index (χ0n) is 6.33. The first-order valence-electron chi connectivity index (χ1n) is 3.15. The van der Waals surface area contributed by atoms with Gasteiger partial charge >= 0.3 is 5.97 Å². The second kappa shape index (κ2) is 3.08. The van der Waals surface area contributed by atoms with Gasteiger partial charge in [-0.1, -0.05) is 0 Å². The number of H-pyrrole nitrogens is 1. The second-order valence-corrected chi connectivity index (χ2v) is 2.06. The molecule has 0 fully saturated rings. The van der Waals surface area contributed by atoms with E-state index < -0.39 is 11.5 Å². The Bertz CT molecular complexity index is 355. The lowest BCUT2D eigenvalue weighted by Gasteiger charge is -1.98. The number of nitrogens with one attached hydrogen (secondary N) is 1. The molecule has 0 aliphatic heterocycles. The van der Waals surface area contributed by atoms with Crippen LogP contribution in [0.2, 0.25) is 0 Å². The number of methoxy groups -OCH3 is 1. The van der Waals surface area contributed by atoms with Crippen LogP contribution in [0.4, 0.5) is 0 Å². The maximum absolute atomic E-state index is 10.9. The average molecular weight is 169 g/mol. The smallest absolute Gasteiger partial charge is 0.347 e. The Morgan fingerprint density at radius 3 is 2.83 bits per heavy atom. The largest absolute Gasteiger partial charge is 0.507 e. The number of carbonyl (C=O) groups is 1. The van der Waals surface area contributed by atoms with Crippen LogP contribution in [0.1, 0.15) is 10.4 Å². The van der Waals surface area contributed by atoms with Crippen LogP contribution in [0.3, 0.4) is 0 Å². The van der Waals surface area contributed by atoms with Crippen molar-refractivity contribution in [3.8, 4) is 5.75 Å². The minimum atomic E-state index is -0.852. The van der Waals surface area contributed by atoms with Crippen LogP contribution in [-0.2, 0) is 4.74 Å². The van der Waals surface area contributed by atoms with Gasteiger partial charge in [0.15, 0.2) is 5.56 Å². The number of aromatic amines is 1. The summed E-state index contributed by atoms with van der Waals surface area (Å²) in [6, 6.07) is 1.20. The molecular formula is C7H7NO4. The Labute approximate surface area is 67.6 Å². The summed E-state index contributed by atoms with van der Waals surface area (Å²) in [6.07, 6.45) is 1.24. The van der Waals surface area contributed by atoms with E-state index in [0.29, 0.717) is 0 Å². The summed E-state index contributed by atoms with van der Waals surface area (Å²) in [6.45, 7) is 0. The predicted molar refractivity (Wildman–Crippen MR) is 40.1 cm³/mol. The molecule has 1 aromatic rings. The van der Waals surface area contributed by atoms with Crippen molar-refractivity contribution in [3.05, 3.63) is 28.2 Å². The number of hydrogen-bond acceptors (Lipinski definition) is 4. The molecule has 1 heterocycles. The molecule has 0 radical (unpaired) electrons. The maximum Gasteiger partial charge on any atom is 0.347 e. The minimum Gasteiger partial charge on any atom is -0.507 e. The Morgan fingerprint density at radius 1 is 1.67 bits per heavy atom. The minimum absolute atomic E-state index is 0.375. The fourth-order valence-corrected chi connectivity index (χ4v) is 0.767. The molecular weight excluding hydrogens is 162 g/mol. The van der Waals surface area contributed by atoms with E-state index in [1.807, 2.05) is 0 Å². The lowest BCUT2D eigenvalue weighted by molar-refractivity contribution is 0.0595. The molecule has 2 N–H and O–H groups in total. The number of aromatic hydroxyl groups is 1. The van der Waals surface area contributed by atoms with Gasteiger partial charge in [-0.15, -0.1) is 0 Å². The number of pyridine rings is 1. The fraction of sp³-hybridized carbons (Fsp3) is 0.143. The van der Waals surface area contributed by atoms with Gasteiger partial charge in [-0.2, -0.15) is 0 Å². The molecule has 0 spiro atoms. The van der Waals surface area contributed by atoms with Crippen LogP contribution in [0.25, 0.3) is 0 Å². The lowest BCUT2D eigenvalue weighted by Crippen LogP contribution is -2.18. The Kier molecular flexibility index (Phi) is 2.14. The van der Waals surface area contributed by atoms with Crippen molar-refractivity contribution in [3.63, 3.8) is 0 Å². The monoisotopic (exact) mass is 169 g/mol. The van der Waals surface area contributed by atoms with Crippen LogP contribution < -0.4 is 5.56 Å². The summed E-state index contributed by atoms with van der Waals surface area (Å²) in [5.74, 6) is -1.24. The zero-order chi connectivity index (χ0) is 9.14. The van der Waals surface area contributed by atoms with Crippen LogP contribution in [-0.4, -0.2) is 23.2 Å². The summed E-state index contributed by atoms with van der Waals surface area (Å²) >= 11 is 0. The summed E-state index contributed by atoms with van der Waals surface area (Å²) in [5.41, 5.74) is -1.04. The van der Waals surface area contributed by atoms with Gasteiger partial charge in [0.2, 0.25) is 0 Å². The Morgan fingerprint density at radius 2 is 2.33 bits per heavy atom. The Balaban J connectivity index is 3.31. The third-order valence-electron chi connectivity index (χ3n) is 1.33. The van der Waals surface area contributed by atoms with Gasteiger partial charge in [0.1, 0.15) is 5.75 Å². The molecule has 5 heteroatoms. The third-order valence-corrected chi connectivity index (χ3v) is 1.33. The topological polar surface area (TPSA) is 79.4 Å². The van der Waals surface area contributed by atoms with Crippen molar-refractivity contribution >= 4 is 5.97 Å². The highest BCUT2D eigenvalue weighted by Gasteiger charge is 2.14. The van der Waals surface area contributed by atoms with E-state index in [2.05, 4.69) is 9.72 Å². The molecule has 0 atom stereocenters. The van der Waals surface area contributed by atoms with Gasteiger partial charge in [0, 0.05) is 6.20 Å². The molecule has 64 valence electrons. The summed E-state index contributed by atoms with van der Waals surface area (Å²) in [4.78, 5) is 24.0. The Hall–Kier alpha value is -1.78. The van der Waals surface area contributed by atoms with Crippen LogP contribution in [0.15, 0.2) is 17.1 Å². The highest BCUT2D eigenvalue weighted by molar-refractivity contribution is 5.91. The highest BCUT2D eigenvalue weighted by atomic mass is 16.5. The molecule has 0 saturated carbocycles. The third kappa shape index (κ3) is 1.29. The van der Waals surface area contributed by atoms with E-state index in [9.17, 15) is 9.59 Å².